The van der Waals surface area contributed by atoms with Crippen molar-refractivity contribution in [2.45, 2.75) is 6.04 Å². The van der Waals surface area contributed by atoms with Crippen LogP contribution in [0.4, 0.5) is 0 Å². The molecule has 86 valence electrons. The highest BCUT2D eigenvalue weighted by atomic mass is 79.9. The van der Waals surface area contributed by atoms with Crippen LogP contribution in [-0.4, -0.2) is 31.1 Å². The van der Waals surface area contributed by atoms with E-state index in [1.807, 2.05) is 0 Å². The molecule has 0 aromatic carbocycles. The van der Waals surface area contributed by atoms with Crippen molar-refractivity contribution >= 4 is 31.7 Å². The molecule has 0 aliphatic carbocycles. The number of hydrogen-bond donors (Lipinski definition) is 2. The molecule has 1 aromatic rings. The van der Waals surface area contributed by atoms with Crippen molar-refractivity contribution in [1.29, 1.82) is 0 Å². The number of nitrogens with one attached hydrogen (secondary N) is 2. The van der Waals surface area contributed by atoms with Gasteiger partial charge in [0.1, 0.15) is 5.69 Å². The average molecular weight is 305 g/mol. The van der Waals surface area contributed by atoms with Crippen LogP contribution in [0.5, 0.6) is 0 Å². The first-order valence-electron chi connectivity index (χ1n) is 4.52. The van der Waals surface area contributed by atoms with E-state index in [1.165, 1.54) is 6.08 Å². The number of aromatic amines is 1. The summed E-state index contributed by atoms with van der Waals surface area (Å²) in [5, 5.41) is 3.73. The number of halogens is 1. The largest absolute Gasteiger partial charge is 0.356 e. The molecule has 0 fully saturated rings. The molecule has 2 heterocycles. The van der Waals surface area contributed by atoms with Crippen LogP contribution in [0.2, 0.25) is 0 Å². The molecule has 1 unspecified atom stereocenters. The molecule has 5 nitrogen and oxygen atoms in total. The van der Waals surface area contributed by atoms with Crippen LogP contribution in [0.25, 0.3) is 0 Å². The quantitative estimate of drug-likeness (QED) is 0.849. The summed E-state index contributed by atoms with van der Waals surface area (Å²) in [6.45, 7) is 0. The van der Waals surface area contributed by atoms with Gasteiger partial charge in [0.15, 0.2) is 9.84 Å². The highest BCUT2D eigenvalue weighted by molar-refractivity contribution is 9.10. The molecular formula is C9H9BrN2O3S. The Hall–Kier alpha value is -1.08. The van der Waals surface area contributed by atoms with E-state index in [1.54, 1.807) is 12.3 Å². The molecule has 7 heteroatoms. The Balaban J connectivity index is 2.02. The number of H-pyrrole nitrogens is 1. The smallest absolute Gasteiger partial charge is 0.268 e. The fourth-order valence-electron chi connectivity index (χ4n) is 1.41. The van der Waals surface area contributed by atoms with Gasteiger partial charge in [-0.2, -0.15) is 0 Å². The number of amides is 1. The molecule has 1 aliphatic rings. The highest BCUT2D eigenvalue weighted by Gasteiger charge is 2.23. The fraction of sp³-hybridized carbons (Fsp3) is 0.222. The van der Waals surface area contributed by atoms with E-state index in [0.717, 1.165) is 9.88 Å². The molecule has 1 atom stereocenters. The van der Waals surface area contributed by atoms with E-state index in [2.05, 4.69) is 26.2 Å². The molecule has 1 aliphatic heterocycles. The van der Waals surface area contributed by atoms with Gasteiger partial charge in [0, 0.05) is 16.1 Å². The van der Waals surface area contributed by atoms with Gasteiger partial charge in [0.2, 0.25) is 0 Å². The lowest BCUT2D eigenvalue weighted by molar-refractivity contribution is 0.0943. The summed E-state index contributed by atoms with van der Waals surface area (Å²) in [6, 6.07) is 1.18. The van der Waals surface area contributed by atoms with Crippen molar-refractivity contribution in [2.24, 2.45) is 0 Å². The van der Waals surface area contributed by atoms with Crippen LogP contribution in [0.15, 0.2) is 28.2 Å². The Kier molecular flexibility index (Phi) is 2.90. The van der Waals surface area contributed by atoms with Crippen LogP contribution in [0.1, 0.15) is 10.5 Å². The molecule has 0 radical (unpaired) electrons. The fourth-order valence-corrected chi connectivity index (χ4v) is 2.99. The Morgan fingerprint density at radius 2 is 2.31 bits per heavy atom. The molecule has 2 rings (SSSR count). The third kappa shape index (κ3) is 2.53. The molecular weight excluding hydrogens is 296 g/mol. The maximum absolute atomic E-state index is 11.6. The van der Waals surface area contributed by atoms with E-state index in [9.17, 15) is 13.2 Å². The topological polar surface area (TPSA) is 79.0 Å². The first kappa shape index (κ1) is 11.4. The summed E-state index contributed by atoms with van der Waals surface area (Å²) in [5.41, 5.74) is 0.393. The predicted molar refractivity (Wildman–Crippen MR) is 62.7 cm³/mol. The second-order valence-electron chi connectivity index (χ2n) is 3.47. The number of rotatable bonds is 2. The Labute approximate surface area is 101 Å². The van der Waals surface area contributed by atoms with Crippen molar-refractivity contribution in [1.82, 2.24) is 10.3 Å². The zero-order chi connectivity index (χ0) is 11.8. The first-order valence-corrected chi connectivity index (χ1v) is 7.03. The molecule has 2 N–H and O–H groups in total. The maximum atomic E-state index is 11.6. The third-order valence-electron chi connectivity index (χ3n) is 2.14. The number of hydrogen-bond acceptors (Lipinski definition) is 3. The van der Waals surface area contributed by atoms with Gasteiger partial charge >= 0.3 is 0 Å². The summed E-state index contributed by atoms with van der Waals surface area (Å²) < 4.78 is 23.0. The second kappa shape index (κ2) is 4.06. The SMILES string of the molecule is O=C(NC1C=CS(=O)(=O)C1)c1cc(Br)c[nH]1. The van der Waals surface area contributed by atoms with Gasteiger partial charge in [-0.3, -0.25) is 4.79 Å². The summed E-state index contributed by atoms with van der Waals surface area (Å²) in [6.07, 6.45) is 3.11. The normalized spacial score (nSPS) is 22.2. The van der Waals surface area contributed by atoms with Crippen molar-refractivity contribution in [3.05, 3.63) is 33.9 Å². The zero-order valence-corrected chi connectivity index (χ0v) is 10.5. The van der Waals surface area contributed by atoms with Crippen LogP contribution in [0, 0.1) is 0 Å². The maximum Gasteiger partial charge on any atom is 0.268 e. The minimum absolute atomic E-state index is 0.0688. The Bertz CT molecular complexity index is 547. The van der Waals surface area contributed by atoms with E-state index in [4.69, 9.17) is 0 Å². The molecule has 16 heavy (non-hydrogen) atoms. The number of carbonyl (C=O) groups excluding carboxylic acids is 1. The third-order valence-corrected chi connectivity index (χ3v) is 3.99. The number of aromatic nitrogens is 1. The molecule has 1 amide bonds. The molecule has 0 spiro atoms. The Morgan fingerprint density at radius 1 is 1.56 bits per heavy atom. The summed E-state index contributed by atoms with van der Waals surface area (Å²) >= 11 is 3.21. The van der Waals surface area contributed by atoms with E-state index >= 15 is 0 Å². The van der Waals surface area contributed by atoms with Crippen molar-refractivity contribution < 1.29 is 13.2 Å². The van der Waals surface area contributed by atoms with E-state index in [0.29, 0.717) is 5.69 Å². The first-order chi connectivity index (χ1) is 7.46. The molecule has 0 saturated carbocycles. The van der Waals surface area contributed by atoms with Gasteiger partial charge in [-0.1, -0.05) is 0 Å². The summed E-state index contributed by atoms with van der Waals surface area (Å²) in [4.78, 5) is 14.4. The van der Waals surface area contributed by atoms with E-state index < -0.39 is 15.9 Å². The highest BCUT2D eigenvalue weighted by Crippen LogP contribution is 2.12. The van der Waals surface area contributed by atoms with Crippen molar-refractivity contribution in [2.75, 3.05) is 5.75 Å². The molecule has 1 aromatic heterocycles. The second-order valence-corrected chi connectivity index (χ2v) is 6.32. The lowest BCUT2D eigenvalue weighted by Crippen LogP contribution is -2.35. The zero-order valence-electron chi connectivity index (χ0n) is 8.10. The number of sulfone groups is 1. The van der Waals surface area contributed by atoms with Crippen LogP contribution < -0.4 is 5.32 Å². The van der Waals surface area contributed by atoms with Crippen LogP contribution in [-0.2, 0) is 9.84 Å². The van der Waals surface area contributed by atoms with Gasteiger partial charge in [-0.25, -0.2) is 8.42 Å². The average Bonchev–Trinajstić information content (AvgIpc) is 2.73. The minimum atomic E-state index is -3.13. The predicted octanol–water partition coefficient (Wildman–Crippen LogP) is 0.818. The van der Waals surface area contributed by atoms with E-state index in [-0.39, 0.29) is 11.7 Å². The van der Waals surface area contributed by atoms with Crippen molar-refractivity contribution in [3.8, 4) is 0 Å². The van der Waals surface area contributed by atoms with Gasteiger partial charge in [-0.15, -0.1) is 0 Å². The summed E-state index contributed by atoms with van der Waals surface area (Å²) in [7, 11) is -3.13. The van der Waals surface area contributed by atoms with Crippen molar-refractivity contribution in [3.63, 3.8) is 0 Å². The molecule has 0 bridgehead atoms. The lowest BCUT2D eigenvalue weighted by Gasteiger charge is -2.08. The van der Waals surface area contributed by atoms with Crippen LogP contribution in [0.3, 0.4) is 0 Å². The summed E-state index contributed by atoms with van der Waals surface area (Å²) in [5.74, 6) is -0.391. The van der Waals surface area contributed by atoms with Gasteiger partial charge < -0.3 is 10.3 Å². The Morgan fingerprint density at radius 3 is 2.81 bits per heavy atom. The van der Waals surface area contributed by atoms with Gasteiger partial charge in [0.25, 0.3) is 5.91 Å². The molecule has 0 saturated heterocycles. The standard InChI is InChI=1S/C9H9BrN2O3S/c10-6-3-8(11-4-6)9(13)12-7-1-2-16(14,15)5-7/h1-4,7,11H,5H2,(H,12,13). The van der Waals surface area contributed by atoms with Gasteiger partial charge in [0.05, 0.1) is 11.8 Å². The lowest BCUT2D eigenvalue weighted by atomic mass is 10.3. The number of carbonyl (C=O) groups is 1. The monoisotopic (exact) mass is 304 g/mol. The minimum Gasteiger partial charge on any atom is -0.356 e. The van der Waals surface area contributed by atoms with Crippen LogP contribution >= 0.6 is 15.9 Å². The van der Waals surface area contributed by atoms with Gasteiger partial charge in [-0.05, 0) is 28.1 Å².